The van der Waals surface area contributed by atoms with E-state index in [1.807, 2.05) is 0 Å². The van der Waals surface area contributed by atoms with E-state index in [0.29, 0.717) is 0 Å². The van der Waals surface area contributed by atoms with E-state index >= 15 is 0 Å². The Balaban J connectivity index is 1.65. The van der Waals surface area contributed by atoms with E-state index in [4.69, 9.17) is 0 Å². The first-order chi connectivity index (χ1) is 7.81. The van der Waals surface area contributed by atoms with Gasteiger partial charge in [-0.1, -0.05) is 19.1 Å². The SMILES string of the molecule is CCNCc1cccc(N2CC3(CC3)C2)c1. The zero-order valence-corrected chi connectivity index (χ0v) is 10.00. The van der Waals surface area contributed by atoms with Crippen molar-refractivity contribution in [2.24, 2.45) is 5.41 Å². The Bertz CT molecular complexity index is 374. The van der Waals surface area contributed by atoms with Crippen molar-refractivity contribution < 1.29 is 0 Å². The fraction of sp³-hybridized carbons (Fsp3) is 0.571. The van der Waals surface area contributed by atoms with Crippen LogP contribution in [-0.4, -0.2) is 19.6 Å². The smallest absolute Gasteiger partial charge is 0.0369 e. The highest BCUT2D eigenvalue weighted by atomic mass is 15.2. The highest BCUT2D eigenvalue weighted by Gasteiger charge is 2.52. The third-order valence-electron chi connectivity index (χ3n) is 3.86. The van der Waals surface area contributed by atoms with Crippen LogP contribution in [0.4, 0.5) is 5.69 Å². The summed E-state index contributed by atoms with van der Waals surface area (Å²) in [5.41, 5.74) is 3.56. The number of hydrogen-bond acceptors (Lipinski definition) is 2. The number of nitrogens with zero attached hydrogens (tertiary/aromatic N) is 1. The summed E-state index contributed by atoms with van der Waals surface area (Å²) in [5.74, 6) is 0. The van der Waals surface area contributed by atoms with Crippen LogP contribution in [0.2, 0.25) is 0 Å². The van der Waals surface area contributed by atoms with Gasteiger partial charge in [0.2, 0.25) is 0 Å². The van der Waals surface area contributed by atoms with Gasteiger partial charge in [0, 0.05) is 30.7 Å². The van der Waals surface area contributed by atoms with Gasteiger partial charge in [-0.15, -0.1) is 0 Å². The van der Waals surface area contributed by atoms with E-state index in [2.05, 4.69) is 41.4 Å². The number of anilines is 1. The van der Waals surface area contributed by atoms with Crippen molar-refractivity contribution in [3.8, 4) is 0 Å². The van der Waals surface area contributed by atoms with Gasteiger partial charge in [-0.2, -0.15) is 0 Å². The first-order valence-corrected chi connectivity index (χ1v) is 6.36. The molecule has 1 aromatic rings. The Hall–Kier alpha value is -1.02. The van der Waals surface area contributed by atoms with Gasteiger partial charge in [-0.05, 0) is 37.1 Å². The summed E-state index contributed by atoms with van der Waals surface area (Å²) >= 11 is 0. The van der Waals surface area contributed by atoms with E-state index in [0.717, 1.165) is 18.5 Å². The maximum atomic E-state index is 3.38. The number of benzene rings is 1. The predicted molar refractivity (Wildman–Crippen MR) is 67.7 cm³/mol. The molecule has 0 amide bonds. The maximum Gasteiger partial charge on any atom is 0.0369 e. The van der Waals surface area contributed by atoms with Crippen LogP contribution in [0.1, 0.15) is 25.3 Å². The Morgan fingerprint density at radius 1 is 1.31 bits per heavy atom. The highest BCUT2D eigenvalue weighted by Crippen LogP contribution is 2.53. The molecule has 16 heavy (non-hydrogen) atoms. The molecule has 0 radical (unpaired) electrons. The van der Waals surface area contributed by atoms with Gasteiger partial charge in [0.15, 0.2) is 0 Å². The van der Waals surface area contributed by atoms with Crippen LogP contribution < -0.4 is 10.2 Å². The van der Waals surface area contributed by atoms with Crippen molar-refractivity contribution in [1.82, 2.24) is 5.32 Å². The largest absolute Gasteiger partial charge is 0.370 e. The van der Waals surface area contributed by atoms with Crippen LogP contribution >= 0.6 is 0 Å². The minimum absolute atomic E-state index is 0.748. The first kappa shape index (κ1) is 10.2. The van der Waals surface area contributed by atoms with Gasteiger partial charge in [0.25, 0.3) is 0 Å². The van der Waals surface area contributed by atoms with E-state index in [-0.39, 0.29) is 0 Å². The van der Waals surface area contributed by atoms with Gasteiger partial charge in [-0.3, -0.25) is 0 Å². The Kier molecular flexibility index (Phi) is 2.40. The van der Waals surface area contributed by atoms with Crippen LogP contribution in [-0.2, 0) is 6.54 Å². The highest BCUT2D eigenvalue weighted by molar-refractivity contribution is 5.52. The molecule has 1 N–H and O–H groups in total. The molecule has 1 aromatic carbocycles. The summed E-state index contributed by atoms with van der Waals surface area (Å²) < 4.78 is 0. The van der Waals surface area contributed by atoms with E-state index in [1.54, 1.807) is 0 Å². The molecular weight excluding hydrogens is 196 g/mol. The molecule has 1 saturated heterocycles. The van der Waals surface area contributed by atoms with Gasteiger partial charge in [0.1, 0.15) is 0 Å². The Morgan fingerprint density at radius 3 is 2.81 bits per heavy atom. The van der Waals surface area contributed by atoms with Crippen molar-refractivity contribution in [2.75, 3.05) is 24.5 Å². The lowest BCUT2D eigenvalue weighted by molar-refractivity contribution is 0.387. The average Bonchev–Trinajstić information content (AvgIpc) is 3.05. The Labute approximate surface area is 97.6 Å². The fourth-order valence-corrected chi connectivity index (χ4v) is 2.57. The molecule has 2 nitrogen and oxygen atoms in total. The summed E-state index contributed by atoms with van der Waals surface area (Å²) in [6.07, 6.45) is 2.92. The van der Waals surface area contributed by atoms with E-state index < -0.39 is 0 Å². The average molecular weight is 216 g/mol. The monoisotopic (exact) mass is 216 g/mol. The molecule has 0 aromatic heterocycles. The summed E-state index contributed by atoms with van der Waals surface area (Å²) in [6, 6.07) is 8.96. The standard InChI is InChI=1S/C14H20N2/c1-2-15-9-12-4-3-5-13(8-12)16-10-14(11-16)6-7-14/h3-5,8,15H,2,6-7,9-11H2,1H3. The summed E-state index contributed by atoms with van der Waals surface area (Å²) in [4.78, 5) is 2.52. The molecular formula is C14H20N2. The van der Waals surface area contributed by atoms with Crippen molar-refractivity contribution in [3.05, 3.63) is 29.8 Å². The molecule has 1 aliphatic carbocycles. The quantitative estimate of drug-likeness (QED) is 0.831. The molecule has 2 heteroatoms. The van der Waals surface area contributed by atoms with Gasteiger partial charge in [-0.25, -0.2) is 0 Å². The summed E-state index contributed by atoms with van der Waals surface area (Å²) in [7, 11) is 0. The van der Waals surface area contributed by atoms with E-state index in [9.17, 15) is 0 Å². The van der Waals surface area contributed by atoms with Gasteiger partial charge in [0.05, 0.1) is 0 Å². The number of rotatable bonds is 4. The second-order valence-electron chi connectivity index (χ2n) is 5.31. The van der Waals surface area contributed by atoms with Crippen molar-refractivity contribution in [1.29, 1.82) is 0 Å². The number of nitrogens with one attached hydrogen (secondary N) is 1. The molecule has 1 aliphatic heterocycles. The van der Waals surface area contributed by atoms with Crippen LogP contribution in [0.15, 0.2) is 24.3 Å². The molecule has 0 bridgehead atoms. The van der Waals surface area contributed by atoms with Crippen LogP contribution in [0, 0.1) is 5.41 Å². The molecule has 1 saturated carbocycles. The van der Waals surface area contributed by atoms with Crippen LogP contribution in [0.5, 0.6) is 0 Å². The summed E-state index contributed by atoms with van der Waals surface area (Å²) in [6.45, 7) is 6.76. The topological polar surface area (TPSA) is 15.3 Å². The second-order valence-corrected chi connectivity index (χ2v) is 5.31. The third kappa shape index (κ3) is 1.82. The van der Waals surface area contributed by atoms with Crippen LogP contribution in [0.25, 0.3) is 0 Å². The molecule has 2 fully saturated rings. The minimum atomic E-state index is 0.748. The van der Waals surface area contributed by atoms with Crippen molar-refractivity contribution >= 4 is 5.69 Å². The Morgan fingerprint density at radius 2 is 2.12 bits per heavy atom. The lowest BCUT2D eigenvalue weighted by Gasteiger charge is -2.42. The minimum Gasteiger partial charge on any atom is -0.370 e. The third-order valence-corrected chi connectivity index (χ3v) is 3.86. The van der Waals surface area contributed by atoms with Gasteiger partial charge < -0.3 is 10.2 Å². The van der Waals surface area contributed by atoms with Crippen molar-refractivity contribution in [2.45, 2.75) is 26.3 Å². The fourth-order valence-electron chi connectivity index (χ4n) is 2.57. The summed E-state index contributed by atoms with van der Waals surface area (Å²) in [5, 5.41) is 3.38. The lowest BCUT2D eigenvalue weighted by atomic mass is 9.96. The van der Waals surface area contributed by atoms with E-state index in [1.165, 1.54) is 37.2 Å². The number of hydrogen-bond donors (Lipinski definition) is 1. The lowest BCUT2D eigenvalue weighted by Crippen LogP contribution is -2.48. The molecule has 3 rings (SSSR count). The maximum absolute atomic E-state index is 3.38. The van der Waals surface area contributed by atoms with Crippen LogP contribution in [0.3, 0.4) is 0 Å². The zero-order valence-electron chi connectivity index (χ0n) is 10.00. The van der Waals surface area contributed by atoms with Gasteiger partial charge >= 0.3 is 0 Å². The molecule has 0 atom stereocenters. The molecule has 2 aliphatic rings. The molecule has 0 unspecified atom stereocenters. The molecule has 86 valence electrons. The zero-order chi connectivity index (χ0) is 11.0. The normalized spacial score (nSPS) is 20.9. The first-order valence-electron chi connectivity index (χ1n) is 6.36. The van der Waals surface area contributed by atoms with Crippen molar-refractivity contribution in [3.63, 3.8) is 0 Å². The molecule has 1 spiro atoms. The second kappa shape index (κ2) is 3.77. The molecule has 1 heterocycles. The predicted octanol–water partition coefficient (Wildman–Crippen LogP) is 2.40.